The first-order chi connectivity index (χ1) is 9.30. The van der Waals surface area contributed by atoms with E-state index < -0.39 is 24.6 Å². The average Bonchev–Trinajstić information content (AvgIpc) is 2.38. The molecule has 1 saturated heterocycles. The normalized spacial score (nSPS) is 19.1. The van der Waals surface area contributed by atoms with E-state index in [4.69, 9.17) is 4.74 Å². The summed E-state index contributed by atoms with van der Waals surface area (Å²) in [6.45, 7) is 2.26. The largest absolute Gasteiger partial charge is 0.417 e. The van der Waals surface area contributed by atoms with Crippen LogP contribution in [-0.4, -0.2) is 54.0 Å². The Hall–Kier alpha value is -0.820. The van der Waals surface area contributed by atoms with E-state index in [0.29, 0.717) is 6.61 Å². The number of ether oxygens (including phenoxy) is 1. The van der Waals surface area contributed by atoms with Gasteiger partial charge in [0.1, 0.15) is 6.61 Å². The number of halogens is 3. The van der Waals surface area contributed by atoms with Crippen molar-refractivity contribution in [2.45, 2.75) is 50.8 Å². The summed E-state index contributed by atoms with van der Waals surface area (Å²) in [6.07, 6.45) is -2.64. The third-order valence-corrected chi connectivity index (χ3v) is 3.59. The summed E-state index contributed by atoms with van der Waals surface area (Å²) in [5, 5.41) is 9.49. The number of amides is 1. The van der Waals surface area contributed by atoms with Gasteiger partial charge in [-0.2, -0.15) is 13.2 Å². The topological polar surface area (TPSA) is 49.8 Å². The molecule has 0 aromatic heterocycles. The van der Waals surface area contributed by atoms with Crippen molar-refractivity contribution in [1.82, 2.24) is 4.90 Å². The minimum Gasteiger partial charge on any atom is -0.380 e. The lowest BCUT2D eigenvalue weighted by molar-refractivity contribution is -0.272. The maximum absolute atomic E-state index is 12.6. The Balaban J connectivity index is 2.29. The van der Waals surface area contributed by atoms with Crippen molar-refractivity contribution < 1.29 is 27.8 Å². The zero-order chi connectivity index (χ0) is 15.2. The van der Waals surface area contributed by atoms with Crippen LogP contribution in [0.25, 0.3) is 0 Å². The van der Waals surface area contributed by atoms with Crippen LogP contribution in [0.1, 0.15) is 39.0 Å². The highest BCUT2D eigenvalue weighted by Gasteiger charge is 2.54. The van der Waals surface area contributed by atoms with Crippen molar-refractivity contribution in [2.24, 2.45) is 0 Å². The summed E-state index contributed by atoms with van der Waals surface area (Å²) in [6, 6.07) is 0. The summed E-state index contributed by atoms with van der Waals surface area (Å²) in [5.41, 5.74) is -2.66. The fourth-order valence-electron chi connectivity index (χ4n) is 2.11. The van der Waals surface area contributed by atoms with Gasteiger partial charge in [-0.25, -0.2) is 0 Å². The summed E-state index contributed by atoms with van der Waals surface area (Å²) < 4.78 is 43.0. The molecule has 0 saturated carbocycles. The fourth-order valence-corrected chi connectivity index (χ4v) is 2.11. The fraction of sp³-hybridized carbons (Fsp3) is 0.923. The van der Waals surface area contributed by atoms with Gasteiger partial charge in [0.25, 0.3) is 0 Å². The molecule has 1 heterocycles. The first-order valence-corrected chi connectivity index (χ1v) is 6.95. The molecule has 0 spiro atoms. The van der Waals surface area contributed by atoms with E-state index in [1.165, 1.54) is 4.90 Å². The lowest BCUT2D eigenvalue weighted by Crippen LogP contribution is -2.54. The number of carbonyl (C=O) groups is 1. The molecule has 0 aromatic carbocycles. The van der Waals surface area contributed by atoms with Gasteiger partial charge in [-0.3, -0.25) is 4.79 Å². The molecule has 1 rings (SSSR count). The van der Waals surface area contributed by atoms with E-state index in [-0.39, 0.29) is 25.6 Å². The summed E-state index contributed by atoms with van der Waals surface area (Å²) in [5.74, 6) is -0.314. The molecule has 0 radical (unpaired) electrons. The molecular weight excluding hydrogens is 275 g/mol. The van der Waals surface area contributed by atoms with Crippen molar-refractivity contribution in [3.8, 4) is 0 Å². The van der Waals surface area contributed by atoms with Crippen LogP contribution in [0.2, 0.25) is 0 Å². The second kappa shape index (κ2) is 7.26. The third-order valence-electron chi connectivity index (χ3n) is 3.59. The van der Waals surface area contributed by atoms with E-state index >= 15 is 0 Å². The lowest BCUT2D eigenvalue weighted by atomic mass is 9.91. The Labute approximate surface area is 116 Å². The average molecular weight is 297 g/mol. The number of alkyl halides is 3. The second-order valence-electron chi connectivity index (χ2n) is 5.17. The van der Waals surface area contributed by atoms with Gasteiger partial charge in [-0.05, 0) is 6.42 Å². The lowest BCUT2D eigenvalue weighted by Gasteiger charge is -2.39. The molecule has 0 bridgehead atoms. The number of piperidine rings is 1. The van der Waals surface area contributed by atoms with Gasteiger partial charge >= 0.3 is 6.18 Å². The third kappa shape index (κ3) is 4.63. The zero-order valence-corrected chi connectivity index (χ0v) is 11.7. The number of nitrogens with zero attached hydrogens (tertiary/aromatic N) is 1. The number of aliphatic hydroxyl groups is 1. The molecule has 1 amide bonds. The molecule has 0 unspecified atom stereocenters. The van der Waals surface area contributed by atoms with Crippen molar-refractivity contribution in [3.05, 3.63) is 0 Å². The molecular formula is C13H22F3NO3. The van der Waals surface area contributed by atoms with Gasteiger partial charge in [0.2, 0.25) is 5.91 Å². The molecule has 7 heteroatoms. The van der Waals surface area contributed by atoms with Crippen molar-refractivity contribution >= 4 is 5.91 Å². The van der Waals surface area contributed by atoms with Gasteiger partial charge in [0, 0.05) is 32.5 Å². The van der Waals surface area contributed by atoms with E-state index in [9.17, 15) is 23.1 Å². The molecule has 0 aromatic rings. The second-order valence-corrected chi connectivity index (χ2v) is 5.17. The molecule has 4 nitrogen and oxygen atoms in total. The quantitative estimate of drug-likeness (QED) is 0.764. The Morgan fingerprint density at radius 3 is 2.40 bits per heavy atom. The van der Waals surface area contributed by atoms with E-state index in [1.54, 1.807) is 0 Å². The van der Waals surface area contributed by atoms with Crippen LogP contribution in [0.3, 0.4) is 0 Å². The number of carbonyl (C=O) groups excluding carboxylic acids is 1. The Bertz CT molecular complexity index is 312. The van der Waals surface area contributed by atoms with Gasteiger partial charge in [-0.15, -0.1) is 0 Å². The van der Waals surface area contributed by atoms with Crippen LogP contribution in [0.15, 0.2) is 0 Å². The highest BCUT2D eigenvalue weighted by atomic mass is 19.4. The highest BCUT2D eigenvalue weighted by molar-refractivity contribution is 5.77. The molecule has 1 aliphatic heterocycles. The summed E-state index contributed by atoms with van der Waals surface area (Å²) >= 11 is 0. The maximum Gasteiger partial charge on any atom is 0.417 e. The van der Waals surface area contributed by atoms with E-state index in [1.807, 2.05) is 0 Å². The number of likely N-dealkylation sites (tertiary alicyclic amines) is 1. The van der Waals surface area contributed by atoms with Crippen LogP contribution in [0, 0.1) is 0 Å². The van der Waals surface area contributed by atoms with Gasteiger partial charge in [0.15, 0.2) is 5.60 Å². The molecule has 0 atom stereocenters. The van der Waals surface area contributed by atoms with Gasteiger partial charge in [0.05, 0.1) is 0 Å². The van der Waals surface area contributed by atoms with E-state index in [0.717, 1.165) is 19.3 Å². The zero-order valence-electron chi connectivity index (χ0n) is 11.7. The number of hydrogen-bond acceptors (Lipinski definition) is 3. The van der Waals surface area contributed by atoms with Crippen LogP contribution < -0.4 is 0 Å². The van der Waals surface area contributed by atoms with Crippen molar-refractivity contribution in [3.63, 3.8) is 0 Å². The molecule has 1 aliphatic rings. The highest BCUT2D eigenvalue weighted by Crippen LogP contribution is 2.38. The van der Waals surface area contributed by atoms with Gasteiger partial charge < -0.3 is 14.7 Å². The molecule has 20 heavy (non-hydrogen) atoms. The maximum atomic E-state index is 12.6. The number of rotatable bonds is 6. The van der Waals surface area contributed by atoms with Crippen LogP contribution in [-0.2, 0) is 9.53 Å². The molecule has 118 valence electrons. The van der Waals surface area contributed by atoms with Crippen molar-refractivity contribution in [2.75, 3.05) is 26.3 Å². The minimum atomic E-state index is -4.64. The first kappa shape index (κ1) is 17.2. The van der Waals surface area contributed by atoms with Crippen LogP contribution >= 0.6 is 0 Å². The van der Waals surface area contributed by atoms with Gasteiger partial charge in [-0.1, -0.05) is 19.8 Å². The predicted octanol–water partition coefficient (Wildman–Crippen LogP) is 2.11. The SMILES string of the molecule is CCCCCOCC(=O)N1CCC(O)(C(F)(F)F)CC1. The summed E-state index contributed by atoms with van der Waals surface area (Å²) in [4.78, 5) is 13.0. The Morgan fingerprint density at radius 2 is 1.90 bits per heavy atom. The Kier molecular flexibility index (Phi) is 6.26. The molecule has 0 aliphatic carbocycles. The first-order valence-electron chi connectivity index (χ1n) is 6.95. The molecule has 1 N–H and O–H groups in total. The standard InChI is InChI=1S/C13H22F3NO3/c1-2-3-4-9-20-10-11(18)17-7-5-12(19,6-8-17)13(14,15)16/h19H,2-10H2,1H3. The molecule has 1 fully saturated rings. The summed E-state index contributed by atoms with van der Waals surface area (Å²) in [7, 11) is 0. The van der Waals surface area contributed by atoms with E-state index in [2.05, 4.69) is 6.92 Å². The van der Waals surface area contributed by atoms with Crippen molar-refractivity contribution in [1.29, 1.82) is 0 Å². The minimum absolute atomic E-state index is 0.0901. The van der Waals surface area contributed by atoms with Crippen LogP contribution in [0.4, 0.5) is 13.2 Å². The number of unbranched alkanes of at least 4 members (excludes halogenated alkanes) is 2. The smallest absolute Gasteiger partial charge is 0.380 e. The predicted molar refractivity (Wildman–Crippen MR) is 67.2 cm³/mol. The Morgan fingerprint density at radius 1 is 1.30 bits per heavy atom. The number of hydrogen-bond donors (Lipinski definition) is 1. The monoisotopic (exact) mass is 297 g/mol. The van der Waals surface area contributed by atoms with Crippen LogP contribution in [0.5, 0.6) is 0 Å².